The van der Waals surface area contributed by atoms with Crippen LogP contribution < -0.4 is 20.4 Å². The highest BCUT2D eigenvalue weighted by molar-refractivity contribution is 6.05. The average molecular weight is 634 g/mol. The standard InChI is InChI=1S/C32H32F3N7O2.C2H6/c1-19-9-10-20(30(43)37-22-13-11-21(33)12-14-22)17-23(19)27-24-18-36-32(44)42(28-25(34)7-5-8-26(28)35)29(24)39-31(38-27)41(4)16-6-15-40(2)3;1-2/h5,7-14,17H,6,15-16,18H2,1-4H3,(H,36,44)(H,37,43);1-2H3. The molecule has 0 saturated heterocycles. The summed E-state index contributed by atoms with van der Waals surface area (Å²) in [6.45, 7) is 7.21. The first-order valence-corrected chi connectivity index (χ1v) is 15.0. The first-order valence-electron chi connectivity index (χ1n) is 15.0. The number of aromatic nitrogens is 2. The highest BCUT2D eigenvalue weighted by Crippen LogP contribution is 2.39. The van der Waals surface area contributed by atoms with Gasteiger partial charge in [-0.3, -0.25) is 4.79 Å². The number of nitrogens with one attached hydrogen (secondary N) is 2. The first kappa shape index (κ1) is 33.9. The summed E-state index contributed by atoms with van der Waals surface area (Å²) in [6.07, 6.45) is 0.781. The lowest BCUT2D eigenvalue weighted by Gasteiger charge is -2.32. The third kappa shape index (κ3) is 7.45. The molecule has 2 N–H and O–H groups in total. The Morgan fingerprint density at radius 2 is 1.63 bits per heavy atom. The molecule has 0 fully saturated rings. The lowest BCUT2D eigenvalue weighted by Crippen LogP contribution is -2.43. The number of halogens is 3. The average Bonchev–Trinajstić information content (AvgIpc) is 3.03. The monoisotopic (exact) mass is 633 g/mol. The molecule has 0 unspecified atom stereocenters. The van der Waals surface area contributed by atoms with Gasteiger partial charge in [0.25, 0.3) is 5.91 Å². The first-order chi connectivity index (χ1) is 22.0. The second-order valence-electron chi connectivity index (χ2n) is 10.8. The van der Waals surface area contributed by atoms with E-state index in [0.717, 1.165) is 35.6 Å². The van der Waals surface area contributed by atoms with Crippen molar-refractivity contribution in [1.29, 1.82) is 0 Å². The minimum atomic E-state index is -0.926. The normalized spacial score (nSPS) is 12.2. The molecule has 4 aromatic rings. The largest absolute Gasteiger partial charge is 0.344 e. The van der Waals surface area contributed by atoms with Crippen LogP contribution in [0.3, 0.4) is 0 Å². The van der Waals surface area contributed by atoms with Gasteiger partial charge in [0.15, 0.2) is 5.82 Å². The van der Waals surface area contributed by atoms with Crippen LogP contribution in [0.5, 0.6) is 0 Å². The van der Waals surface area contributed by atoms with Gasteiger partial charge in [0.2, 0.25) is 5.95 Å². The third-order valence-electron chi connectivity index (χ3n) is 7.26. The van der Waals surface area contributed by atoms with E-state index < -0.39 is 35.1 Å². The van der Waals surface area contributed by atoms with Gasteiger partial charge in [0, 0.05) is 36.0 Å². The SMILES string of the molecule is CC.Cc1ccc(C(=O)Nc2ccc(F)cc2)cc1-c1nc(N(C)CCCN(C)C)nc2c1CNC(=O)N2c1c(F)cccc1F. The maximum absolute atomic E-state index is 15.0. The Hall–Kier alpha value is -4.97. The molecule has 5 rings (SSSR count). The Bertz CT molecular complexity index is 1690. The maximum atomic E-state index is 15.0. The molecule has 1 aromatic heterocycles. The minimum absolute atomic E-state index is 0.00780. The highest BCUT2D eigenvalue weighted by Gasteiger charge is 2.34. The van der Waals surface area contributed by atoms with E-state index in [1.165, 1.54) is 30.3 Å². The zero-order chi connectivity index (χ0) is 33.5. The fraction of sp³-hybridized carbons (Fsp3) is 0.294. The molecule has 46 heavy (non-hydrogen) atoms. The summed E-state index contributed by atoms with van der Waals surface area (Å²) >= 11 is 0. The summed E-state index contributed by atoms with van der Waals surface area (Å²) in [7, 11) is 5.74. The minimum Gasteiger partial charge on any atom is -0.344 e. The number of nitrogens with zero attached hydrogens (tertiary/aromatic N) is 5. The van der Waals surface area contributed by atoms with Gasteiger partial charge in [-0.25, -0.2) is 27.8 Å². The number of carbonyl (C=O) groups excluding carboxylic acids is 2. The van der Waals surface area contributed by atoms with Crippen LogP contribution in [0.1, 0.15) is 41.8 Å². The van der Waals surface area contributed by atoms with Gasteiger partial charge < -0.3 is 20.4 Å². The quantitative estimate of drug-likeness (QED) is 0.208. The number of anilines is 4. The van der Waals surface area contributed by atoms with Gasteiger partial charge in [-0.15, -0.1) is 0 Å². The van der Waals surface area contributed by atoms with Crippen molar-refractivity contribution < 1.29 is 22.8 Å². The van der Waals surface area contributed by atoms with Crippen molar-refractivity contribution in [2.45, 2.75) is 33.7 Å². The van der Waals surface area contributed by atoms with Crippen molar-refractivity contribution in [1.82, 2.24) is 20.2 Å². The molecule has 0 spiro atoms. The van der Waals surface area contributed by atoms with E-state index in [2.05, 4.69) is 15.6 Å². The van der Waals surface area contributed by atoms with Crippen molar-refractivity contribution in [3.05, 3.63) is 94.8 Å². The van der Waals surface area contributed by atoms with E-state index >= 15 is 8.78 Å². The number of benzene rings is 3. The molecule has 0 radical (unpaired) electrons. The Kier molecular flexibility index (Phi) is 11.0. The Morgan fingerprint density at radius 1 is 0.957 bits per heavy atom. The second kappa shape index (κ2) is 14.9. The number of aryl methyl sites for hydroxylation is 1. The number of urea groups is 1. The Balaban J connectivity index is 0.00000235. The molecule has 0 saturated carbocycles. The van der Waals surface area contributed by atoms with Crippen LogP contribution >= 0.6 is 0 Å². The number of carbonyl (C=O) groups is 2. The molecule has 0 bridgehead atoms. The molecule has 0 atom stereocenters. The summed E-state index contributed by atoms with van der Waals surface area (Å²) < 4.78 is 43.5. The van der Waals surface area contributed by atoms with Crippen LogP contribution in [-0.4, -0.2) is 61.0 Å². The summed E-state index contributed by atoms with van der Waals surface area (Å²) in [6, 6.07) is 13.1. The summed E-state index contributed by atoms with van der Waals surface area (Å²) in [5.74, 6) is -2.42. The van der Waals surface area contributed by atoms with Gasteiger partial charge >= 0.3 is 6.03 Å². The Morgan fingerprint density at radius 3 is 2.28 bits per heavy atom. The molecule has 242 valence electrons. The molecule has 9 nitrogen and oxygen atoms in total. The number of para-hydroxylation sites is 1. The second-order valence-corrected chi connectivity index (χ2v) is 10.8. The van der Waals surface area contributed by atoms with E-state index in [1.807, 2.05) is 44.7 Å². The third-order valence-corrected chi connectivity index (χ3v) is 7.26. The number of amides is 3. The summed E-state index contributed by atoms with van der Waals surface area (Å²) in [5.41, 5.74) is 2.34. The van der Waals surface area contributed by atoms with Gasteiger partial charge in [0.05, 0.1) is 12.2 Å². The smallest absolute Gasteiger partial charge is 0.328 e. The van der Waals surface area contributed by atoms with Crippen molar-refractivity contribution in [2.24, 2.45) is 0 Å². The van der Waals surface area contributed by atoms with E-state index in [0.29, 0.717) is 34.6 Å². The molecule has 3 amide bonds. The summed E-state index contributed by atoms with van der Waals surface area (Å²) in [5, 5.41) is 5.44. The van der Waals surface area contributed by atoms with Crippen LogP contribution in [0.25, 0.3) is 11.3 Å². The predicted molar refractivity (Wildman–Crippen MR) is 175 cm³/mol. The maximum Gasteiger partial charge on any atom is 0.328 e. The molecular weight excluding hydrogens is 595 g/mol. The fourth-order valence-electron chi connectivity index (χ4n) is 4.93. The number of hydrogen-bond acceptors (Lipinski definition) is 6. The number of hydrogen-bond donors (Lipinski definition) is 2. The molecular formula is C34H38F3N7O2. The molecule has 2 heterocycles. The fourth-order valence-corrected chi connectivity index (χ4v) is 4.93. The van der Waals surface area contributed by atoms with Gasteiger partial charge in [-0.2, -0.15) is 4.98 Å². The Labute approximate surface area is 267 Å². The van der Waals surface area contributed by atoms with Gasteiger partial charge in [-0.1, -0.05) is 26.0 Å². The lowest BCUT2D eigenvalue weighted by atomic mass is 9.97. The van der Waals surface area contributed by atoms with Crippen LogP contribution in [0.4, 0.5) is 41.1 Å². The molecule has 3 aromatic carbocycles. The lowest BCUT2D eigenvalue weighted by molar-refractivity contribution is 0.102. The molecule has 12 heteroatoms. The van der Waals surface area contributed by atoms with Crippen LogP contribution in [0, 0.1) is 24.4 Å². The molecule has 1 aliphatic heterocycles. The van der Waals surface area contributed by atoms with Crippen LogP contribution in [0.2, 0.25) is 0 Å². The number of rotatable bonds is 9. The van der Waals surface area contributed by atoms with Gasteiger partial charge in [0.1, 0.15) is 23.1 Å². The predicted octanol–water partition coefficient (Wildman–Crippen LogP) is 6.90. The highest BCUT2D eigenvalue weighted by atomic mass is 19.1. The van der Waals surface area contributed by atoms with E-state index in [-0.39, 0.29) is 18.3 Å². The van der Waals surface area contributed by atoms with E-state index in [1.54, 1.807) is 25.2 Å². The molecule has 1 aliphatic rings. The van der Waals surface area contributed by atoms with E-state index in [9.17, 15) is 14.0 Å². The molecule has 0 aliphatic carbocycles. The number of fused-ring (bicyclic) bond motifs is 1. The van der Waals surface area contributed by atoms with E-state index in [4.69, 9.17) is 4.98 Å². The topological polar surface area (TPSA) is 93.7 Å². The zero-order valence-electron chi connectivity index (χ0n) is 26.8. The van der Waals surface area contributed by atoms with Crippen LogP contribution in [0.15, 0.2) is 60.7 Å². The zero-order valence-corrected chi connectivity index (χ0v) is 26.8. The summed E-state index contributed by atoms with van der Waals surface area (Å²) in [4.78, 5) is 40.6. The van der Waals surface area contributed by atoms with Crippen molar-refractivity contribution in [2.75, 3.05) is 49.3 Å². The van der Waals surface area contributed by atoms with Gasteiger partial charge in [-0.05, 0) is 88.1 Å². The van der Waals surface area contributed by atoms with Crippen molar-refractivity contribution in [3.63, 3.8) is 0 Å². The van der Waals surface area contributed by atoms with Crippen molar-refractivity contribution in [3.8, 4) is 11.3 Å². The van der Waals surface area contributed by atoms with Crippen LogP contribution in [-0.2, 0) is 6.54 Å². The van der Waals surface area contributed by atoms with Crippen molar-refractivity contribution >= 4 is 35.1 Å².